The van der Waals surface area contributed by atoms with Crippen LogP contribution < -0.4 is 16.6 Å². The summed E-state index contributed by atoms with van der Waals surface area (Å²) < 4.78 is 6.55. The predicted octanol–water partition coefficient (Wildman–Crippen LogP) is 2.63. The van der Waals surface area contributed by atoms with Crippen LogP contribution >= 0.6 is 11.3 Å². The number of hydrazine groups is 1. The average Bonchev–Trinajstić information content (AvgIpc) is 3.24. The van der Waals surface area contributed by atoms with Crippen molar-refractivity contribution in [3.63, 3.8) is 0 Å². The molecule has 1 unspecified atom stereocenters. The Morgan fingerprint density at radius 2 is 2.11 bits per heavy atom. The molecule has 2 amide bonds. The van der Waals surface area contributed by atoms with Crippen LogP contribution in [-0.4, -0.2) is 16.4 Å². The van der Waals surface area contributed by atoms with Crippen molar-refractivity contribution in [2.45, 2.75) is 39.2 Å². The van der Waals surface area contributed by atoms with Crippen LogP contribution in [0, 0.1) is 5.92 Å². The first-order valence-electron chi connectivity index (χ1n) is 9.30. The third kappa shape index (κ3) is 3.73. The number of nitrogens with zero attached hydrogens (tertiary/aromatic N) is 1. The summed E-state index contributed by atoms with van der Waals surface area (Å²) in [5.74, 6) is -0.552. The van der Waals surface area contributed by atoms with E-state index in [0.29, 0.717) is 21.9 Å². The number of fused-ring (bicyclic) bond motifs is 2. The Morgan fingerprint density at radius 1 is 1.29 bits per heavy atom. The highest BCUT2D eigenvalue weighted by Gasteiger charge is 2.21. The SMILES string of the molecule is CC1CCc2sc(C(=O)NNC(=O)CCn3c(=O)oc4ccccc43)cc2C1. The standard InChI is InChI=1S/C20H21N3O4S/c1-12-6-7-16-13(10-12)11-17(28-16)19(25)22-21-18(24)8-9-23-14-4-2-3-5-15(14)27-20(23)26/h2-5,11-12H,6-10H2,1H3,(H,21,24)(H,22,25). The van der Waals surface area contributed by atoms with Gasteiger partial charge in [0.25, 0.3) is 5.91 Å². The van der Waals surface area contributed by atoms with Gasteiger partial charge in [0.2, 0.25) is 5.91 Å². The Morgan fingerprint density at radius 3 is 2.96 bits per heavy atom. The Bertz CT molecular complexity index is 1090. The number of thiophene rings is 1. The number of amides is 2. The van der Waals surface area contributed by atoms with Gasteiger partial charge in [-0.25, -0.2) is 4.79 Å². The molecule has 2 aromatic heterocycles. The van der Waals surface area contributed by atoms with E-state index in [4.69, 9.17) is 4.42 Å². The number of hydrogen-bond acceptors (Lipinski definition) is 5. The van der Waals surface area contributed by atoms with Crippen molar-refractivity contribution in [2.24, 2.45) is 5.92 Å². The molecule has 0 aliphatic heterocycles. The van der Waals surface area contributed by atoms with E-state index < -0.39 is 5.76 Å². The van der Waals surface area contributed by atoms with Crippen LogP contribution in [0.5, 0.6) is 0 Å². The fourth-order valence-electron chi connectivity index (χ4n) is 3.51. The monoisotopic (exact) mass is 399 g/mol. The van der Waals surface area contributed by atoms with Crippen LogP contribution in [0.25, 0.3) is 11.1 Å². The zero-order valence-electron chi connectivity index (χ0n) is 15.5. The minimum Gasteiger partial charge on any atom is -0.408 e. The molecule has 0 fully saturated rings. The zero-order valence-corrected chi connectivity index (χ0v) is 16.3. The first kappa shape index (κ1) is 18.5. The molecule has 7 nitrogen and oxygen atoms in total. The van der Waals surface area contributed by atoms with E-state index in [9.17, 15) is 14.4 Å². The minimum absolute atomic E-state index is 0.0438. The van der Waals surface area contributed by atoms with E-state index in [2.05, 4.69) is 17.8 Å². The molecule has 1 atom stereocenters. The molecule has 28 heavy (non-hydrogen) atoms. The fourth-order valence-corrected chi connectivity index (χ4v) is 4.61. The van der Waals surface area contributed by atoms with Gasteiger partial charge in [0.15, 0.2) is 5.58 Å². The molecule has 2 N–H and O–H groups in total. The van der Waals surface area contributed by atoms with Crippen LogP contribution in [0.1, 0.15) is 39.9 Å². The molecule has 1 aliphatic rings. The lowest BCUT2D eigenvalue weighted by atomic mass is 9.90. The number of aromatic nitrogens is 1. The van der Waals surface area contributed by atoms with Crippen molar-refractivity contribution < 1.29 is 14.0 Å². The van der Waals surface area contributed by atoms with E-state index in [-0.39, 0.29) is 24.8 Å². The first-order valence-corrected chi connectivity index (χ1v) is 10.1. The maximum atomic E-state index is 12.3. The van der Waals surface area contributed by atoms with Crippen molar-refractivity contribution >= 4 is 34.3 Å². The van der Waals surface area contributed by atoms with Crippen molar-refractivity contribution in [2.75, 3.05) is 0 Å². The molecular formula is C20H21N3O4S. The molecule has 0 bridgehead atoms. The summed E-state index contributed by atoms with van der Waals surface area (Å²) in [4.78, 5) is 38.2. The second kappa shape index (κ2) is 7.63. The van der Waals surface area contributed by atoms with Crippen molar-refractivity contribution in [1.82, 2.24) is 15.4 Å². The van der Waals surface area contributed by atoms with Gasteiger partial charge in [-0.3, -0.25) is 25.0 Å². The lowest BCUT2D eigenvalue weighted by Gasteiger charge is -2.16. The summed E-state index contributed by atoms with van der Waals surface area (Å²) >= 11 is 1.49. The number of para-hydroxylation sites is 2. The highest BCUT2D eigenvalue weighted by atomic mass is 32.1. The van der Waals surface area contributed by atoms with Crippen LogP contribution in [0.4, 0.5) is 0 Å². The number of benzene rings is 1. The number of hydrogen-bond donors (Lipinski definition) is 2. The molecule has 0 spiro atoms. The molecule has 4 rings (SSSR count). The predicted molar refractivity (Wildman–Crippen MR) is 106 cm³/mol. The summed E-state index contributed by atoms with van der Waals surface area (Å²) in [7, 11) is 0. The van der Waals surface area contributed by atoms with E-state index in [1.165, 1.54) is 26.3 Å². The minimum atomic E-state index is -0.503. The summed E-state index contributed by atoms with van der Waals surface area (Å²) in [5, 5.41) is 0. The van der Waals surface area contributed by atoms with Crippen LogP contribution in [-0.2, 0) is 24.2 Å². The summed E-state index contributed by atoms with van der Waals surface area (Å²) in [6.07, 6.45) is 3.20. The average molecular weight is 399 g/mol. The lowest BCUT2D eigenvalue weighted by Crippen LogP contribution is -2.41. The quantitative estimate of drug-likeness (QED) is 0.660. The third-order valence-electron chi connectivity index (χ3n) is 5.00. The van der Waals surface area contributed by atoms with Gasteiger partial charge in [0.1, 0.15) is 0 Å². The van der Waals surface area contributed by atoms with Gasteiger partial charge in [-0.15, -0.1) is 11.3 Å². The van der Waals surface area contributed by atoms with Gasteiger partial charge in [0, 0.05) is 17.8 Å². The lowest BCUT2D eigenvalue weighted by molar-refractivity contribution is -0.122. The summed E-state index contributed by atoms with van der Waals surface area (Å²) in [6.45, 7) is 2.39. The smallest absolute Gasteiger partial charge is 0.408 e. The first-order chi connectivity index (χ1) is 13.5. The van der Waals surface area contributed by atoms with Crippen molar-refractivity contribution in [1.29, 1.82) is 0 Å². The molecule has 2 heterocycles. The van der Waals surface area contributed by atoms with Gasteiger partial charge >= 0.3 is 5.76 Å². The Labute approximate surface area is 165 Å². The highest BCUT2D eigenvalue weighted by molar-refractivity contribution is 7.14. The largest absolute Gasteiger partial charge is 0.419 e. The van der Waals surface area contributed by atoms with Crippen molar-refractivity contribution in [3.8, 4) is 0 Å². The molecule has 8 heteroatoms. The van der Waals surface area contributed by atoms with Crippen LogP contribution in [0.3, 0.4) is 0 Å². The Balaban J connectivity index is 1.33. The third-order valence-corrected chi connectivity index (χ3v) is 6.24. The van der Waals surface area contributed by atoms with E-state index in [1.807, 2.05) is 6.07 Å². The highest BCUT2D eigenvalue weighted by Crippen LogP contribution is 2.32. The summed E-state index contributed by atoms with van der Waals surface area (Å²) in [6, 6.07) is 8.97. The van der Waals surface area contributed by atoms with Gasteiger partial charge in [0.05, 0.1) is 10.4 Å². The maximum absolute atomic E-state index is 12.3. The molecular weight excluding hydrogens is 378 g/mol. The fraction of sp³-hybridized carbons (Fsp3) is 0.350. The van der Waals surface area contributed by atoms with Gasteiger partial charge in [-0.05, 0) is 48.9 Å². The second-order valence-electron chi connectivity index (χ2n) is 7.15. The van der Waals surface area contributed by atoms with E-state index in [0.717, 1.165) is 19.3 Å². The maximum Gasteiger partial charge on any atom is 0.419 e. The zero-order chi connectivity index (χ0) is 19.7. The van der Waals surface area contributed by atoms with E-state index >= 15 is 0 Å². The molecule has 0 radical (unpaired) electrons. The second-order valence-corrected chi connectivity index (χ2v) is 8.28. The van der Waals surface area contributed by atoms with Crippen molar-refractivity contribution in [3.05, 3.63) is 56.2 Å². The van der Waals surface area contributed by atoms with Gasteiger partial charge < -0.3 is 4.42 Å². The Kier molecular flexibility index (Phi) is 5.04. The molecule has 1 aromatic carbocycles. The molecule has 0 saturated heterocycles. The molecule has 0 saturated carbocycles. The van der Waals surface area contributed by atoms with Crippen LogP contribution in [0.15, 0.2) is 39.5 Å². The number of aryl methyl sites for hydroxylation is 2. The van der Waals surface area contributed by atoms with Gasteiger partial charge in [-0.2, -0.15) is 0 Å². The number of rotatable bonds is 4. The summed E-state index contributed by atoms with van der Waals surface area (Å²) in [5.41, 5.74) is 7.25. The number of oxazole rings is 1. The molecule has 146 valence electrons. The number of carbonyl (C=O) groups is 2. The Hall–Kier alpha value is -2.87. The number of carbonyl (C=O) groups excluding carboxylic acids is 2. The number of nitrogens with one attached hydrogen (secondary N) is 2. The van der Waals surface area contributed by atoms with Crippen LogP contribution in [0.2, 0.25) is 0 Å². The molecule has 3 aromatic rings. The molecule has 1 aliphatic carbocycles. The topological polar surface area (TPSA) is 93.3 Å². The van der Waals surface area contributed by atoms with Gasteiger partial charge in [-0.1, -0.05) is 19.1 Å². The normalized spacial score (nSPS) is 16.0. The van der Waals surface area contributed by atoms with E-state index in [1.54, 1.807) is 24.3 Å².